The molecule has 42 heavy (non-hydrogen) atoms. The number of aliphatic hydroxyl groups is 1. The molecule has 3 aromatic rings. The number of nitrogens with zero attached hydrogens (tertiary/aromatic N) is 2. The molecule has 0 atom stereocenters. The highest BCUT2D eigenvalue weighted by molar-refractivity contribution is 6.47. The highest BCUT2D eigenvalue weighted by Gasteiger charge is 2.44. The summed E-state index contributed by atoms with van der Waals surface area (Å²) in [5.74, 6) is 0.111. The first-order valence-electron chi connectivity index (χ1n) is 16.5. The molecule has 0 saturated heterocycles. The molecular weight excluding hydrogens is 516 g/mol. The Morgan fingerprint density at radius 1 is 0.714 bits per heavy atom. The normalized spacial score (nSPS) is 16.6. The Kier molecular flexibility index (Phi) is 9.82. The third kappa shape index (κ3) is 5.65. The van der Waals surface area contributed by atoms with Gasteiger partial charge >= 0.3 is 0 Å². The van der Waals surface area contributed by atoms with Crippen LogP contribution in [0, 0.1) is 6.92 Å². The van der Waals surface area contributed by atoms with Crippen molar-refractivity contribution in [2.75, 3.05) is 6.54 Å². The average Bonchev–Trinajstić information content (AvgIpc) is 3.43. The molecule has 222 valence electrons. The summed E-state index contributed by atoms with van der Waals surface area (Å²) in [6.45, 7) is 10.6. The zero-order chi connectivity index (χ0) is 29.6. The van der Waals surface area contributed by atoms with Gasteiger partial charge < -0.3 is 9.67 Å². The fourth-order valence-corrected chi connectivity index (χ4v) is 7.04. The average molecular weight is 566 g/mol. The van der Waals surface area contributed by atoms with Crippen LogP contribution in [0.5, 0.6) is 0 Å². The zero-order valence-corrected chi connectivity index (χ0v) is 26.3. The van der Waals surface area contributed by atoms with Gasteiger partial charge in [0.15, 0.2) is 5.71 Å². The second-order valence-electron chi connectivity index (χ2n) is 12.2. The predicted octanol–water partition coefficient (Wildman–Crippen LogP) is 10.1. The molecule has 2 aromatic carbocycles. The quantitative estimate of drug-likeness (QED) is 0.113. The van der Waals surface area contributed by atoms with Crippen LogP contribution >= 0.6 is 0 Å². The Bertz CT molecular complexity index is 1550. The van der Waals surface area contributed by atoms with Crippen LogP contribution < -0.4 is 0 Å². The van der Waals surface area contributed by atoms with E-state index in [9.17, 15) is 9.90 Å². The van der Waals surface area contributed by atoms with E-state index in [0.29, 0.717) is 11.1 Å². The second-order valence-corrected chi connectivity index (χ2v) is 12.2. The maximum absolute atomic E-state index is 14.0. The fraction of sp³-hybridized carbons (Fsp3) is 0.474. The molecule has 0 saturated carbocycles. The van der Waals surface area contributed by atoms with E-state index < -0.39 is 0 Å². The molecule has 0 radical (unpaired) electrons. The summed E-state index contributed by atoms with van der Waals surface area (Å²) in [6, 6.07) is 16.7. The largest absolute Gasteiger partial charge is 0.506 e. The fourth-order valence-electron chi connectivity index (χ4n) is 7.04. The number of fused-ring (bicyclic) bond motifs is 2. The highest BCUT2D eigenvalue weighted by Crippen LogP contribution is 2.47. The lowest BCUT2D eigenvalue weighted by Crippen LogP contribution is -2.25. The first-order valence-corrected chi connectivity index (χ1v) is 16.5. The summed E-state index contributed by atoms with van der Waals surface area (Å²) in [7, 11) is 0. The first-order chi connectivity index (χ1) is 20.5. The van der Waals surface area contributed by atoms with Crippen molar-refractivity contribution in [2.24, 2.45) is 0 Å². The summed E-state index contributed by atoms with van der Waals surface area (Å²) in [6.07, 6.45) is 15.0. The minimum absolute atomic E-state index is 0.0383. The van der Waals surface area contributed by atoms with Crippen LogP contribution in [0.3, 0.4) is 0 Å². The van der Waals surface area contributed by atoms with Gasteiger partial charge in [0, 0.05) is 48.1 Å². The molecule has 2 aliphatic rings. The summed E-state index contributed by atoms with van der Waals surface area (Å²) >= 11 is 0. The van der Waals surface area contributed by atoms with E-state index in [2.05, 4.69) is 73.2 Å². The van der Waals surface area contributed by atoms with Gasteiger partial charge in [-0.2, -0.15) is 4.58 Å². The predicted molar refractivity (Wildman–Crippen MR) is 177 cm³/mol. The molecular formula is C38H49N2O2+. The molecule has 4 heteroatoms. The van der Waals surface area contributed by atoms with Crippen molar-refractivity contribution in [3.05, 3.63) is 76.7 Å². The Balaban J connectivity index is 1.47. The van der Waals surface area contributed by atoms with Crippen molar-refractivity contribution >= 4 is 39.2 Å². The number of aryl methyl sites for hydroxylation is 1. The molecule has 0 bridgehead atoms. The summed E-state index contributed by atoms with van der Waals surface area (Å²) in [5, 5.41) is 12.7. The Morgan fingerprint density at radius 3 is 2.05 bits per heavy atom. The third-order valence-corrected chi connectivity index (χ3v) is 9.36. The maximum Gasteiger partial charge on any atom is 0.213 e. The molecule has 0 spiro atoms. The molecule has 0 amide bonds. The number of carbonyl (C=O) groups is 1. The van der Waals surface area contributed by atoms with Gasteiger partial charge in [-0.3, -0.25) is 4.79 Å². The van der Waals surface area contributed by atoms with Gasteiger partial charge in [0.25, 0.3) is 0 Å². The molecule has 5 rings (SSSR count). The van der Waals surface area contributed by atoms with E-state index in [0.717, 1.165) is 70.6 Å². The van der Waals surface area contributed by atoms with E-state index in [1.807, 2.05) is 12.1 Å². The molecule has 4 nitrogen and oxygen atoms in total. The molecule has 1 aliphatic heterocycles. The van der Waals surface area contributed by atoms with E-state index in [1.54, 1.807) is 0 Å². The highest BCUT2D eigenvalue weighted by atomic mass is 16.3. The minimum Gasteiger partial charge on any atom is -0.506 e. The smallest absolute Gasteiger partial charge is 0.213 e. The second kappa shape index (κ2) is 13.7. The Labute approximate surface area is 252 Å². The number of Topliss-reactive ketones (excluding diaryl/α,β-unsaturated/α-hetero) is 1. The lowest BCUT2D eigenvalue weighted by molar-refractivity contribution is -0.438. The van der Waals surface area contributed by atoms with Crippen LogP contribution in [-0.2, 0) is 11.3 Å². The van der Waals surface area contributed by atoms with Gasteiger partial charge in [-0.05, 0) is 31.9 Å². The van der Waals surface area contributed by atoms with Crippen LogP contribution in [0.4, 0.5) is 5.69 Å². The molecule has 0 fully saturated rings. The van der Waals surface area contributed by atoms with Crippen molar-refractivity contribution in [3.8, 4) is 0 Å². The Hall–Kier alpha value is -3.40. The van der Waals surface area contributed by atoms with Crippen molar-refractivity contribution in [1.29, 1.82) is 0 Å². The SMILES string of the molecule is CCCCCCCCn1c(C)c(C2=C(O)C(=C3C(C)=[N+](CCCCCCCC)c4ccccc43)C2=O)c2ccccc21. The molecule has 0 unspecified atom stereocenters. The summed E-state index contributed by atoms with van der Waals surface area (Å²) < 4.78 is 4.71. The van der Waals surface area contributed by atoms with Crippen LogP contribution in [-0.4, -0.2) is 32.3 Å². The number of allylic oxidation sites excluding steroid dienone is 3. The van der Waals surface area contributed by atoms with Crippen LogP contribution in [0.1, 0.15) is 115 Å². The molecule has 1 aromatic heterocycles. The number of aliphatic hydroxyl groups excluding tert-OH is 1. The van der Waals surface area contributed by atoms with Crippen molar-refractivity contribution in [1.82, 2.24) is 4.57 Å². The van der Waals surface area contributed by atoms with Crippen molar-refractivity contribution < 1.29 is 14.5 Å². The van der Waals surface area contributed by atoms with Gasteiger partial charge in [-0.15, -0.1) is 0 Å². The lowest BCUT2D eigenvalue weighted by Gasteiger charge is -2.23. The number of hydrogen-bond donors (Lipinski definition) is 1. The van der Waals surface area contributed by atoms with Gasteiger partial charge in [0.05, 0.1) is 22.3 Å². The number of aromatic nitrogens is 1. The van der Waals surface area contributed by atoms with Gasteiger partial charge in [0.2, 0.25) is 11.5 Å². The van der Waals surface area contributed by atoms with Crippen LogP contribution in [0.15, 0.2) is 59.9 Å². The van der Waals surface area contributed by atoms with E-state index in [-0.39, 0.29) is 11.5 Å². The van der Waals surface area contributed by atoms with E-state index in [4.69, 9.17) is 0 Å². The van der Waals surface area contributed by atoms with E-state index in [1.165, 1.54) is 64.2 Å². The van der Waals surface area contributed by atoms with Crippen LogP contribution in [0.25, 0.3) is 22.0 Å². The first kappa shape index (κ1) is 30.1. The summed E-state index contributed by atoms with van der Waals surface area (Å²) in [4.78, 5) is 14.0. The minimum atomic E-state index is -0.0383. The number of carbonyl (C=O) groups excluding carboxylic acids is 1. The van der Waals surface area contributed by atoms with Gasteiger partial charge in [-0.25, -0.2) is 0 Å². The Morgan fingerprint density at radius 2 is 1.33 bits per heavy atom. The van der Waals surface area contributed by atoms with Gasteiger partial charge in [0.1, 0.15) is 12.3 Å². The van der Waals surface area contributed by atoms with E-state index >= 15 is 0 Å². The molecule has 2 heterocycles. The number of benzene rings is 2. The molecule has 1 aliphatic carbocycles. The monoisotopic (exact) mass is 565 g/mol. The zero-order valence-electron chi connectivity index (χ0n) is 26.3. The van der Waals surface area contributed by atoms with Gasteiger partial charge in [-0.1, -0.05) is 102 Å². The molecule has 1 N–H and O–H groups in total. The standard InChI is InChI=1S/C38H48N2O2/c1-5-7-9-11-13-19-25-39-27(3)33(29-21-15-17-23-31(29)39)35-37(41)36(38(35)42)34-28(4)40(26-20-14-12-10-8-6-2)32-24-18-16-22-30(32)34/h15-18,21-24H,5-14,19-20,25-26H2,1-4H3/p+1. The number of unbranched alkanes of at least 4 members (excludes halogenated alkanes) is 10. The number of rotatable bonds is 15. The topological polar surface area (TPSA) is 45.2 Å². The number of para-hydroxylation sites is 2. The number of ketones is 1. The maximum atomic E-state index is 14.0. The van der Waals surface area contributed by atoms with Crippen molar-refractivity contribution in [2.45, 2.75) is 111 Å². The van der Waals surface area contributed by atoms with Crippen molar-refractivity contribution in [3.63, 3.8) is 0 Å². The lowest BCUT2D eigenvalue weighted by atomic mass is 9.78. The third-order valence-electron chi connectivity index (χ3n) is 9.36. The van der Waals surface area contributed by atoms with Crippen LogP contribution in [0.2, 0.25) is 0 Å². The number of hydrogen-bond acceptors (Lipinski definition) is 2. The summed E-state index contributed by atoms with van der Waals surface area (Å²) in [5.41, 5.74) is 8.24.